The van der Waals surface area contributed by atoms with Crippen LogP contribution in [0, 0.1) is 5.92 Å². The number of hydrogen-bond acceptors (Lipinski definition) is 4. The number of anilines is 1. The Morgan fingerprint density at radius 2 is 2.09 bits per heavy atom. The SMILES string of the molecule is OCc1ccnc(N2CCCC(c3nccn3CC3CC3)C2)c1. The first-order valence-corrected chi connectivity index (χ1v) is 8.65. The Kier molecular flexibility index (Phi) is 4.04. The van der Waals surface area contributed by atoms with Crippen molar-refractivity contribution in [3.05, 3.63) is 42.1 Å². The quantitative estimate of drug-likeness (QED) is 0.922. The number of rotatable bonds is 5. The first-order valence-electron chi connectivity index (χ1n) is 8.65. The van der Waals surface area contributed by atoms with E-state index in [1.54, 1.807) is 6.20 Å². The van der Waals surface area contributed by atoms with Crippen molar-refractivity contribution in [3.8, 4) is 0 Å². The molecule has 0 aromatic carbocycles. The summed E-state index contributed by atoms with van der Waals surface area (Å²) in [4.78, 5) is 11.5. The Morgan fingerprint density at radius 3 is 2.91 bits per heavy atom. The molecule has 122 valence electrons. The summed E-state index contributed by atoms with van der Waals surface area (Å²) in [5.74, 6) is 3.55. The summed E-state index contributed by atoms with van der Waals surface area (Å²) in [6.45, 7) is 3.19. The van der Waals surface area contributed by atoms with Crippen LogP contribution in [0.5, 0.6) is 0 Å². The van der Waals surface area contributed by atoms with Gasteiger partial charge in [-0.25, -0.2) is 9.97 Å². The van der Waals surface area contributed by atoms with Crippen molar-refractivity contribution in [1.29, 1.82) is 0 Å². The van der Waals surface area contributed by atoms with Crippen molar-refractivity contribution in [2.24, 2.45) is 5.92 Å². The van der Waals surface area contributed by atoms with Gasteiger partial charge in [0.25, 0.3) is 0 Å². The molecule has 1 saturated heterocycles. The van der Waals surface area contributed by atoms with Gasteiger partial charge in [0.05, 0.1) is 6.61 Å². The number of nitrogens with zero attached hydrogens (tertiary/aromatic N) is 4. The van der Waals surface area contributed by atoms with Crippen LogP contribution in [-0.2, 0) is 13.2 Å². The van der Waals surface area contributed by atoms with E-state index in [0.717, 1.165) is 43.4 Å². The zero-order valence-corrected chi connectivity index (χ0v) is 13.4. The fraction of sp³-hybridized carbons (Fsp3) is 0.556. The highest BCUT2D eigenvalue weighted by atomic mass is 16.3. The van der Waals surface area contributed by atoms with Gasteiger partial charge < -0.3 is 14.6 Å². The largest absolute Gasteiger partial charge is 0.392 e. The lowest BCUT2D eigenvalue weighted by molar-refractivity contribution is 0.281. The Bertz CT molecular complexity index is 665. The maximum atomic E-state index is 9.33. The molecule has 2 fully saturated rings. The number of aliphatic hydroxyl groups excluding tert-OH is 1. The van der Waals surface area contributed by atoms with Gasteiger partial charge in [-0.15, -0.1) is 0 Å². The van der Waals surface area contributed by atoms with E-state index in [4.69, 9.17) is 0 Å². The van der Waals surface area contributed by atoms with Crippen LogP contribution in [0.2, 0.25) is 0 Å². The highest BCUT2D eigenvalue weighted by Crippen LogP contribution is 2.33. The lowest BCUT2D eigenvalue weighted by atomic mass is 9.97. The van der Waals surface area contributed by atoms with E-state index in [2.05, 4.69) is 25.6 Å². The zero-order chi connectivity index (χ0) is 15.6. The van der Waals surface area contributed by atoms with Crippen molar-refractivity contribution in [2.75, 3.05) is 18.0 Å². The highest BCUT2D eigenvalue weighted by Gasteiger charge is 2.28. The number of pyridine rings is 1. The molecule has 0 bridgehead atoms. The summed E-state index contributed by atoms with van der Waals surface area (Å²) < 4.78 is 2.36. The van der Waals surface area contributed by atoms with Crippen LogP contribution in [0.4, 0.5) is 5.82 Å². The molecule has 2 aromatic rings. The van der Waals surface area contributed by atoms with Crippen molar-refractivity contribution in [1.82, 2.24) is 14.5 Å². The van der Waals surface area contributed by atoms with Crippen molar-refractivity contribution < 1.29 is 5.11 Å². The number of hydrogen-bond donors (Lipinski definition) is 1. The van der Waals surface area contributed by atoms with Crippen molar-refractivity contribution in [2.45, 2.75) is 44.8 Å². The molecule has 0 spiro atoms. The Morgan fingerprint density at radius 1 is 1.17 bits per heavy atom. The van der Waals surface area contributed by atoms with Gasteiger partial charge in [-0.2, -0.15) is 0 Å². The second-order valence-corrected chi connectivity index (χ2v) is 6.85. The summed E-state index contributed by atoms with van der Waals surface area (Å²) in [6, 6.07) is 3.87. The van der Waals surface area contributed by atoms with Crippen LogP contribution in [0.25, 0.3) is 0 Å². The monoisotopic (exact) mass is 312 g/mol. The number of piperidine rings is 1. The maximum absolute atomic E-state index is 9.33. The van der Waals surface area contributed by atoms with E-state index in [1.807, 2.05) is 18.3 Å². The molecule has 5 nitrogen and oxygen atoms in total. The van der Waals surface area contributed by atoms with E-state index < -0.39 is 0 Å². The average molecular weight is 312 g/mol. The highest BCUT2D eigenvalue weighted by molar-refractivity contribution is 5.42. The standard InChI is InChI=1S/C18H24N4O/c23-13-15-5-6-19-17(10-15)21-8-1-2-16(12-21)18-20-7-9-22(18)11-14-3-4-14/h5-7,9-10,14,16,23H,1-4,8,11-13H2. The third-order valence-electron chi connectivity index (χ3n) is 5.00. The van der Waals surface area contributed by atoms with E-state index in [9.17, 15) is 5.11 Å². The molecule has 1 aliphatic heterocycles. The molecular formula is C18H24N4O. The fourth-order valence-electron chi connectivity index (χ4n) is 3.54. The van der Waals surface area contributed by atoms with Crippen LogP contribution in [0.3, 0.4) is 0 Å². The molecule has 1 atom stereocenters. The molecule has 2 aliphatic rings. The minimum absolute atomic E-state index is 0.0680. The molecule has 1 unspecified atom stereocenters. The van der Waals surface area contributed by atoms with E-state index in [-0.39, 0.29) is 6.61 Å². The maximum Gasteiger partial charge on any atom is 0.128 e. The van der Waals surface area contributed by atoms with Gasteiger partial charge in [0, 0.05) is 44.1 Å². The van der Waals surface area contributed by atoms with Crippen LogP contribution in [0.15, 0.2) is 30.7 Å². The van der Waals surface area contributed by atoms with Crippen LogP contribution in [0.1, 0.15) is 43.0 Å². The molecule has 1 aliphatic carbocycles. The van der Waals surface area contributed by atoms with Gasteiger partial charge in [0.15, 0.2) is 0 Å². The summed E-state index contributed by atoms with van der Waals surface area (Å²) in [7, 11) is 0. The Hall–Kier alpha value is -1.88. The second kappa shape index (κ2) is 6.32. The molecule has 23 heavy (non-hydrogen) atoms. The third-order valence-corrected chi connectivity index (χ3v) is 5.00. The lowest BCUT2D eigenvalue weighted by Gasteiger charge is -2.33. The van der Waals surface area contributed by atoms with E-state index >= 15 is 0 Å². The van der Waals surface area contributed by atoms with E-state index in [1.165, 1.54) is 25.1 Å². The Balaban J connectivity index is 1.51. The summed E-state index contributed by atoms with van der Waals surface area (Å²) >= 11 is 0. The summed E-state index contributed by atoms with van der Waals surface area (Å²) in [6.07, 6.45) is 11.0. The molecular weight excluding hydrogens is 288 g/mol. The summed E-state index contributed by atoms with van der Waals surface area (Å²) in [5.41, 5.74) is 0.923. The molecule has 5 heteroatoms. The van der Waals surface area contributed by atoms with Gasteiger partial charge in [0.2, 0.25) is 0 Å². The molecule has 4 rings (SSSR count). The Labute approximate surface area is 137 Å². The van der Waals surface area contributed by atoms with Gasteiger partial charge in [0.1, 0.15) is 11.6 Å². The van der Waals surface area contributed by atoms with Crippen LogP contribution < -0.4 is 4.90 Å². The minimum Gasteiger partial charge on any atom is -0.392 e. The van der Waals surface area contributed by atoms with Crippen LogP contribution in [-0.4, -0.2) is 32.7 Å². The molecule has 0 amide bonds. The molecule has 2 aromatic heterocycles. The third kappa shape index (κ3) is 3.24. The number of aliphatic hydroxyl groups is 1. The minimum atomic E-state index is 0.0680. The molecule has 1 N–H and O–H groups in total. The average Bonchev–Trinajstić information content (AvgIpc) is 3.30. The predicted octanol–water partition coefficient (Wildman–Crippen LogP) is 2.56. The predicted molar refractivity (Wildman–Crippen MR) is 89.3 cm³/mol. The first-order chi connectivity index (χ1) is 11.3. The topological polar surface area (TPSA) is 54.2 Å². The number of imidazole rings is 1. The smallest absolute Gasteiger partial charge is 0.128 e. The fourth-order valence-corrected chi connectivity index (χ4v) is 3.54. The van der Waals surface area contributed by atoms with E-state index in [0.29, 0.717) is 5.92 Å². The zero-order valence-electron chi connectivity index (χ0n) is 13.4. The molecule has 3 heterocycles. The van der Waals surface area contributed by atoms with Gasteiger partial charge >= 0.3 is 0 Å². The van der Waals surface area contributed by atoms with Crippen molar-refractivity contribution in [3.63, 3.8) is 0 Å². The normalized spacial score (nSPS) is 21.6. The van der Waals surface area contributed by atoms with Gasteiger partial charge in [-0.1, -0.05) is 0 Å². The summed E-state index contributed by atoms with van der Waals surface area (Å²) in [5, 5.41) is 9.33. The first kappa shape index (κ1) is 14.7. The van der Waals surface area contributed by atoms with Gasteiger partial charge in [-0.05, 0) is 49.3 Å². The lowest BCUT2D eigenvalue weighted by Crippen LogP contribution is -2.36. The molecule has 0 radical (unpaired) electrons. The van der Waals surface area contributed by atoms with Crippen molar-refractivity contribution >= 4 is 5.82 Å². The second-order valence-electron chi connectivity index (χ2n) is 6.85. The van der Waals surface area contributed by atoms with Gasteiger partial charge in [-0.3, -0.25) is 0 Å². The number of aromatic nitrogens is 3. The molecule has 1 saturated carbocycles. The van der Waals surface area contributed by atoms with Crippen LogP contribution >= 0.6 is 0 Å².